The minimum absolute atomic E-state index is 0.108. The van der Waals surface area contributed by atoms with Crippen molar-refractivity contribution in [3.63, 3.8) is 0 Å². The van der Waals surface area contributed by atoms with Gasteiger partial charge in [0, 0.05) is 55.4 Å². The van der Waals surface area contributed by atoms with E-state index < -0.39 is 99.0 Å². The number of nitrogens with two attached hydrogens (primary N) is 1. The average molecular weight is 874 g/mol. The van der Waals surface area contributed by atoms with Crippen LogP contribution in [-0.2, 0) is 40.5 Å². The van der Waals surface area contributed by atoms with Crippen molar-refractivity contribution in [2.24, 2.45) is 16.0 Å². The molecule has 6 rings (SSSR count). The lowest BCUT2D eigenvalue weighted by molar-refractivity contribution is 0.263. The molecule has 1 aliphatic rings. The lowest BCUT2D eigenvalue weighted by Gasteiger charge is -2.34. The molecule has 2 heterocycles. The van der Waals surface area contributed by atoms with Gasteiger partial charge in [0.2, 0.25) is 17.2 Å². The molecular formula is C29H28ClN9O13S4. The van der Waals surface area contributed by atoms with Crippen molar-refractivity contribution in [3.8, 4) is 5.75 Å². The number of rotatable bonds is 11. The summed E-state index contributed by atoms with van der Waals surface area (Å²) in [5.74, 6) is -1.31. The molecule has 5 aromatic rings. The van der Waals surface area contributed by atoms with E-state index in [0.29, 0.717) is 45.3 Å². The van der Waals surface area contributed by atoms with Gasteiger partial charge in [0.15, 0.2) is 5.75 Å². The first-order valence-corrected chi connectivity index (χ1v) is 21.8. The predicted octanol–water partition coefficient (Wildman–Crippen LogP) is 2.76. The maximum atomic E-state index is 12.6. The van der Waals surface area contributed by atoms with Gasteiger partial charge in [-0.3, -0.25) is 23.1 Å². The molecule has 0 unspecified atom stereocenters. The Labute approximate surface area is 322 Å². The summed E-state index contributed by atoms with van der Waals surface area (Å²) in [4.78, 5) is 12.6. The van der Waals surface area contributed by atoms with Gasteiger partial charge in [-0.05, 0) is 47.3 Å². The van der Waals surface area contributed by atoms with Crippen LogP contribution in [0.3, 0.4) is 0 Å². The van der Waals surface area contributed by atoms with Crippen LogP contribution < -0.4 is 16.0 Å². The molecule has 27 heteroatoms. The highest BCUT2D eigenvalue weighted by atomic mass is 35.5. The highest BCUT2D eigenvalue weighted by Gasteiger charge is 2.28. The van der Waals surface area contributed by atoms with Gasteiger partial charge in [0.05, 0.1) is 10.6 Å². The Balaban J connectivity index is 1.54. The minimum atomic E-state index is -5.37. The minimum Gasteiger partial charge on any atom is -0.505 e. The Morgan fingerprint density at radius 2 is 1.45 bits per heavy atom. The summed E-state index contributed by atoms with van der Waals surface area (Å²) in [5.41, 5.74) is 3.48. The lowest BCUT2D eigenvalue weighted by Crippen LogP contribution is -2.48. The first-order chi connectivity index (χ1) is 26.1. The Morgan fingerprint density at radius 1 is 0.768 bits per heavy atom. The molecule has 4 aromatic carbocycles. The summed E-state index contributed by atoms with van der Waals surface area (Å²) < 4.78 is 139. The number of fused-ring (bicyclic) bond motifs is 2. The smallest absolute Gasteiger partial charge is 0.297 e. The van der Waals surface area contributed by atoms with Gasteiger partial charge in [0.25, 0.3) is 40.5 Å². The van der Waals surface area contributed by atoms with Crippen LogP contribution >= 0.6 is 11.6 Å². The maximum Gasteiger partial charge on any atom is 0.297 e. The second-order valence-corrected chi connectivity index (χ2v) is 17.9. The average Bonchev–Trinajstić information content (AvgIpc) is 3.08. The number of phenols is 1. The molecule has 0 spiro atoms. The number of nitrogens with zero attached hydrogens (tertiary/aromatic N) is 7. The van der Waals surface area contributed by atoms with Gasteiger partial charge in [0.1, 0.15) is 26.1 Å². The van der Waals surface area contributed by atoms with Gasteiger partial charge in [-0.15, -0.1) is 10.2 Å². The van der Waals surface area contributed by atoms with Crippen molar-refractivity contribution in [2.45, 2.75) is 19.6 Å². The molecule has 8 N–H and O–H groups in total. The number of nitrogens with one attached hydrogen (secondary N) is 1. The van der Waals surface area contributed by atoms with E-state index in [-0.39, 0.29) is 22.6 Å². The van der Waals surface area contributed by atoms with E-state index >= 15 is 0 Å². The molecule has 0 atom stereocenters. The van der Waals surface area contributed by atoms with E-state index in [9.17, 15) is 57.0 Å². The largest absolute Gasteiger partial charge is 0.505 e. The quantitative estimate of drug-likeness (QED) is 0.0741. The predicted molar refractivity (Wildman–Crippen MR) is 199 cm³/mol. The van der Waals surface area contributed by atoms with Crippen LogP contribution in [0.4, 0.5) is 29.0 Å². The molecule has 1 aliphatic heterocycles. The fourth-order valence-corrected chi connectivity index (χ4v) is 8.87. The van der Waals surface area contributed by atoms with Crippen LogP contribution in [0.25, 0.3) is 21.5 Å². The Bertz CT molecular complexity index is 2910. The van der Waals surface area contributed by atoms with Gasteiger partial charge >= 0.3 is 0 Å². The number of hydrogen-bond donors (Lipinski definition) is 7. The zero-order chi connectivity index (χ0) is 41.0. The van der Waals surface area contributed by atoms with Crippen molar-refractivity contribution in [1.29, 1.82) is 0 Å². The third-order valence-corrected chi connectivity index (χ3v) is 12.1. The van der Waals surface area contributed by atoms with Crippen LogP contribution in [0.2, 0.25) is 5.28 Å². The molecule has 0 aliphatic carbocycles. The van der Waals surface area contributed by atoms with Crippen LogP contribution in [0, 0.1) is 0 Å². The second kappa shape index (κ2) is 15.0. The van der Waals surface area contributed by atoms with Crippen molar-refractivity contribution < 1.29 is 57.0 Å². The first kappa shape index (κ1) is 40.9. The Kier molecular flexibility index (Phi) is 10.9. The second-order valence-electron chi connectivity index (χ2n) is 12.0. The molecule has 1 fully saturated rings. The van der Waals surface area contributed by atoms with Crippen molar-refractivity contribution in [2.75, 3.05) is 49.5 Å². The topological polar surface area (TPSA) is 346 Å². The summed E-state index contributed by atoms with van der Waals surface area (Å²) in [6, 6.07) is 7.15. The Morgan fingerprint density at radius 3 is 2.05 bits per heavy atom. The normalized spacial score (nSPS) is 14.9. The third kappa shape index (κ3) is 8.49. The van der Waals surface area contributed by atoms with E-state index in [4.69, 9.17) is 17.3 Å². The number of aromatic hydroxyl groups is 1. The highest BCUT2D eigenvalue weighted by Crippen LogP contribution is 2.46. The summed E-state index contributed by atoms with van der Waals surface area (Å²) in [7, 11) is -20.6. The number of anilines is 3. The molecule has 0 bridgehead atoms. The fraction of sp³-hybridized carbons (Fsp3) is 0.207. The summed E-state index contributed by atoms with van der Waals surface area (Å²) in [5, 5.41) is 19.7. The van der Waals surface area contributed by atoms with Crippen LogP contribution in [0.15, 0.2) is 78.3 Å². The zero-order valence-electron chi connectivity index (χ0n) is 28.1. The van der Waals surface area contributed by atoms with Crippen molar-refractivity contribution in [3.05, 3.63) is 53.8 Å². The SMILES string of the molecule is NCCN1CCN(c2nc(Cl)nc(Nc3cc(S(=O)(=O)O)cc4cc(S(=O)(=O)O)c(N=Nc5ccc6c(S(=O)(=O)O)cccc6c5S(=O)(=O)O)c(O)c34)n2)CC1. The van der Waals surface area contributed by atoms with E-state index in [1.807, 2.05) is 0 Å². The van der Waals surface area contributed by atoms with E-state index in [2.05, 4.69) is 35.4 Å². The molecule has 22 nitrogen and oxygen atoms in total. The highest BCUT2D eigenvalue weighted by molar-refractivity contribution is 7.87. The number of piperazine rings is 1. The number of phenolic OH excluding ortho intramolecular Hbond substituents is 1. The summed E-state index contributed by atoms with van der Waals surface area (Å²) in [6.45, 7) is 3.28. The third-order valence-electron chi connectivity index (χ3n) is 8.39. The van der Waals surface area contributed by atoms with Crippen LogP contribution in [0.5, 0.6) is 5.75 Å². The van der Waals surface area contributed by atoms with E-state index in [1.165, 1.54) is 0 Å². The van der Waals surface area contributed by atoms with E-state index in [0.717, 1.165) is 42.5 Å². The number of azo groups is 1. The van der Waals surface area contributed by atoms with Crippen LogP contribution in [0.1, 0.15) is 0 Å². The number of aromatic nitrogens is 3. The van der Waals surface area contributed by atoms with Crippen LogP contribution in [-0.4, -0.2) is 116 Å². The molecular weight excluding hydrogens is 846 g/mol. The number of benzene rings is 4. The molecule has 1 saturated heterocycles. The van der Waals surface area contributed by atoms with Gasteiger partial charge < -0.3 is 21.1 Å². The monoisotopic (exact) mass is 873 g/mol. The number of halogens is 1. The fourth-order valence-electron chi connectivity index (χ4n) is 5.98. The van der Waals surface area contributed by atoms with Crippen molar-refractivity contribution in [1.82, 2.24) is 19.9 Å². The van der Waals surface area contributed by atoms with Crippen molar-refractivity contribution >= 4 is 103 Å². The van der Waals surface area contributed by atoms with E-state index in [1.54, 1.807) is 4.90 Å². The van der Waals surface area contributed by atoms with Gasteiger partial charge in [-0.2, -0.15) is 48.6 Å². The first-order valence-electron chi connectivity index (χ1n) is 15.6. The number of hydrogen-bond acceptors (Lipinski definition) is 18. The molecule has 298 valence electrons. The zero-order valence-corrected chi connectivity index (χ0v) is 32.1. The maximum absolute atomic E-state index is 12.6. The van der Waals surface area contributed by atoms with Gasteiger partial charge in [-0.25, -0.2) is 0 Å². The molecule has 0 amide bonds. The molecule has 0 saturated carbocycles. The Hall–Kier alpha value is -4.74. The molecule has 1 aromatic heterocycles. The lowest BCUT2D eigenvalue weighted by atomic mass is 10.1. The van der Waals surface area contributed by atoms with Gasteiger partial charge in [-0.1, -0.05) is 18.2 Å². The molecule has 0 radical (unpaired) electrons. The summed E-state index contributed by atoms with van der Waals surface area (Å²) in [6.07, 6.45) is 0. The summed E-state index contributed by atoms with van der Waals surface area (Å²) >= 11 is 6.21. The standard InChI is InChI=1S/C29H28ClN9O13S4/c30-27-33-28(35-29(34-27)39-10-8-38(7-6-31)9-11-39)32-20-14-16(53(41,42)43)12-15-13-22(55(47,48)49)24(25(40)23(15)20)37-36-19-5-4-17-18(26(19)56(50,51)52)2-1-3-21(17)54(44,45)46/h1-5,12-14,40H,6-11,31H2,(H,41,42,43)(H,44,45,46)(H,47,48,49)(H,50,51,52)(H,32,33,34,35). The molecule has 56 heavy (non-hydrogen) atoms.